The summed E-state index contributed by atoms with van der Waals surface area (Å²) in [6, 6.07) is 0. The highest BCUT2D eigenvalue weighted by atomic mass is 35.6. The molecule has 0 radical (unpaired) electrons. The Morgan fingerprint density at radius 2 is 1.60 bits per heavy atom. The first-order valence-electron chi connectivity index (χ1n) is 2.71. The first-order chi connectivity index (χ1) is 4.68. The second-order valence-corrected chi connectivity index (χ2v) is 3.84. The van der Waals surface area contributed by atoms with Gasteiger partial charge in [0.2, 0.25) is 0 Å². The minimum atomic E-state index is -2.48. The third-order valence-electron chi connectivity index (χ3n) is 0.981. The molecule has 0 aliphatic carbocycles. The molecule has 0 spiro atoms. The maximum Gasteiger partial charge on any atom is 1.00 e. The van der Waals surface area contributed by atoms with Crippen molar-refractivity contribution in [3.63, 3.8) is 0 Å². The van der Waals surface area contributed by atoms with E-state index < -0.39 is 25.8 Å². The van der Waals surface area contributed by atoms with Gasteiger partial charge in [-0.1, -0.05) is 0 Å². The zero-order valence-electron chi connectivity index (χ0n) is 5.00. The van der Waals surface area contributed by atoms with Gasteiger partial charge in [-0.15, -0.1) is 0 Å². The third kappa shape index (κ3) is 2.18. The lowest BCUT2D eigenvalue weighted by molar-refractivity contribution is -0.135. The molecule has 1 fully saturated rings. The SMILES string of the molecule is O=C1CCC(=O)[O][Al]([Cl])[O]1. The van der Waals surface area contributed by atoms with Crippen molar-refractivity contribution in [2.24, 2.45) is 0 Å². The molecule has 0 bridgehead atoms. The molecule has 0 aromatic carbocycles. The zero-order chi connectivity index (χ0) is 7.56. The Bertz CT molecular complexity index is 153. The van der Waals surface area contributed by atoms with Crippen LogP contribution in [0.15, 0.2) is 0 Å². The summed E-state index contributed by atoms with van der Waals surface area (Å²) < 4.78 is 9.01. The Balaban J connectivity index is 2.54. The highest BCUT2D eigenvalue weighted by molar-refractivity contribution is 7.00. The lowest BCUT2D eigenvalue weighted by atomic mass is 10.3. The van der Waals surface area contributed by atoms with Gasteiger partial charge in [0.1, 0.15) is 0 Å². The molecule has 0 aromatic heterocycles. The smallest absolute Gasteiger partial charge is 0.573 e. The van der Waals surface area contributed by atoms with Crippen molar-refractivity contribution in [2.75, 3.05) is 0 Å². The predicted octanol–water partition coefficient (Wildman–Crippen LogP) is 0.0903. The number of hydrogen-bond donors (Lipinski definition) is 0. The van der Waals surface area contributed by atoms with E-state index in [1.165, 1.54) is 0 Å². The second kappa shape index (κ2) is 3.24. The highest BCUT2D eigenvalue weighted by Crippen LogP contribution is 2.07. The molecule has 1 heterocycles. The minimum absolute atomic E-state index is 0.0784. The first-order valence-corrected chi connectivity index (χ1v) is 5.40. The Morgan fingerprint density at radius 3 is 2.00 bits per heavy atom. The van der Waals surface area contributed by atoms with E-state index in [9.17, 15) is 9.59 Å². The van der Waals surface area contributed by atoms with Crippen LogP contribution in [0.25, 0.3) is 0 Å². The van der Waals surface area contributed by atoms with E-state index in [0.717, 1.165) is 0 Å². The van der Waals surface area contributed by atoms with E-state index in [4.69, 9.17) is 10.0 Å². The normalized spacial score (nSPS) is 19.5. The van der Waals surface area contributed by atoms with Crippen LogP contribution < -0.4 is 0 Å². The summed E-state index contributed by atoms with van der Waals surface area (Å²) in [6.45, 7) is 0. The molecular weight excluding hydrogens is 174 g/mol. The van der Waals surface area contributed by atoms with Gasteiger partial charge < -0.3 is 7.58 Å². The molecule has 0 atom stereocenters. The van der Waals surface area contributed by atoms with Crippen LogP contribution in [0.4, 0.5) is 0 Å². The fourth-order valence-corrected chi connectivity index (χ4v) is 1.85. The Labute approximate surface area is 66.3 Å². The lowest BCUT2D eigenvalue weighted by Crippen LogP contribution is -2.18. The summed E-state index contributed by atoms with van der Waals surface area (Å²) in [6.07, 6.45) is 0.157. The van der Waals surface area contributed by atoms with Crippen molar-refractivity contribution in [3.8, 4) is 0 Å². The van der Waals surface area contributed by atoms with Crippen molar-refractivity contribution < 1.29 is 17.2 Å². The third-order valence-corrected chi connectivity index (χ3v) is 2.41. The number of hydrogen-bond acceptors (Lipinski definition) is 4. The van der Waals surface area contributed by atoms with Gasteiger partial charge in [-0.25, -0.2) is 0 Å². The summed E-state index contributed by atoms with van der Waals surface area (Å²) in [5.74, 6) is -0.893. The van der Waals surface area contributed by atoms with E-state index >= 15 is 0 Å². The molecule has 0 unspecified atom stereocenters. The van der Waals surface area contributed by atoms with Gasteiger partial charge in [-0.05, 0) is 0 Å². The summed E-state index contributed by atoms with van der Waals surface area (Å²) in [5, 5.41) is 0. The van der Waals surface area contributed by atoms with Crippen molar-refractivity contribution in [1.82, 2.24) is 0 Å². The van der Waals surface area contributed by atoms with Crippen LogP contribution in [0.2, 0.25) is 0 Å². The Kier molecular flexibility index (Phi) is 2.55. The molecule has 10 heavy (non-hydrogen) atoms. The fourth-order valence-electron chi connectivity index (χ4n) is 0.553. The summed E-state index contributed by atoms with van der Waals surface area (Å²) in [7, 11) is 5.36. The monoisotopic (exact) mass is 178 g/mol. The second-order valence-electron chi connectivity index (χ2n) is 1.75. The number of halogens is 1. The van der Waals surface area contributed by atoms with Crippen molar-refractivity contribution >= 4 is 35.9 Å². The Hall–Kier alpha value is -0.238. The molecule has 0 saturated carbocycles. The highest BCUT2D eigenvalue weighted by Gasteiger charge is 2.37. The summed E-state index contributed by atoms with van der Waals surface area (Å²) >= 11 is -2.48. The molecule has 1 aliphatic rings. The standard InChI is InChI=1S/C4H6O4.Al.ClH/c5-3(6)1-2-4(7)8;;/h1-2H2,(H,5,6)(H,7,8);;1H/q;+3;/p-3. The molecule has 0 amide bonds. The molecule has 0 N–H and O–H groups in total. The maximum atomic E-state index is 10.5. The number of rotatable bonds is 0. The van der Waals surface area contributed by atoms with Crippen LogP contribution in [-0.2, 0) is 17.2 Å². The first kappa shape index (κ1) is 7.86. The molecule has 4 nitrogen and oxygen atoms in total. The maximum absolute atomic E-state index is 10.5. The van der Waals surface area contributed by atoms with Crippen LogP contribution in [0.5, 0.6) is 0 Å². The van der Waals surface area contributed by atoms with E-state index in [1.54, 1.807) is 0 Å². The Morgan fingerprint density at radius 1 is 1.20 bits per heavy atom. The van der Waals surface area contributed by atoms with Crippen molar-refractivity contribution in [1.29, 1.82) is 0 Å². The minimum Gasteiger partial charge on any atom is -0.573 e. The van der Waals surface area contributed by atoms with Gasteiger partial charge in [0.25, 0.3) is 11.9 Å². The van der Waals surface area contributed by atoms with E-state index in [0.29, 0.717) is 0 Å². The van der Waals surface area contributed by atoms with Gasteiger partial charge in [-0.3, -0.25) is 9.59 Å². The van der Waals surface area contributed by atoms with Crippen molar-refractivity contribution in [2.45, 2.75) is 12.8 Å². The van der Waals surface area contributed by atoms with Gasteiger partial charge in [0.05, 0.1) is 12.8 Å². The molecule has 1 rings (SSSR count). The molecule has 54 valence electrons. The molecule has 0 aromatic rings. The average Bonchev–Trinajstić information content (AvgIpc) is 1.93. The van der Waals surface area contributed by atoms with Crippen LogP contribution in [0, 0.1) is 0 Å². The van der Waals surface area contributed by atoms with E-state index in [2.05, 4.69) is 7.58 Å². The zero-order valence-corrected chi connectivity index (χ0v) is 6.91. The number of carbonyl (C=O) groups excluding carboxylic acids is 2. The van der Waals surface area contributed by atoms with Gasteiger partial charge in [-0.2, -0.15) is 10.0 Å². The van der Waals surface area contributed by atoms with Crippen LogP contribution in [0.1, 0.15) is 12.8 Å². The topological polar surface area (TPSA) is 52.6 Å². The van der Waals surface area contributed by atoms with Crippen LogP contribution in [0.3, 0.4) is 0 Å². The average molecular weight is 179 g/mol. The van der Waals surface area contributed by atoms with Crippen LogP contribution >= 0.6 is 10.0 Å². The van der Waals surface area contributed by atoms with Crippen LogP contribution in [-0.4, -0.2) is 25.8 Å². The summed E-state index contributed by atoms with van der Waals surface area (Å²) in [4.78, 5) is 21.1. The van der Waals surface area contributed by atoms with E-state index in [-0.39, 0.29) is 12.8 Å². The lowest BCUT2D eigenvalue weighted by Gasteiger charge is -1.99. The molecule has 1 saturated heterocycles. The predicted molar refractivity (Wildman–Crippen MR) is 33.0 cm³/mol. The van der Waals surface area contributed by atoms with Crippen molar-refractivity contribution in [3.05, 3.63) is 0 Å². The molecule has 1 aliphatic heterocycles. The molecular formula is C4H4AlClO4. The summed E-state index contributed by atoms with van der Waals surface area (Å²) in [5.41, 5.74) is 0. The van der Waals surface area contributed by atoms with Gasteiger partial charge in [0, 0.05) is 0 Å². The molecule has 6 heteroatoms. The quantitative estimate of drug-likeness (QED) is 0.494. The van der Waals surface area contributed by atoms with Gasteiger partial charge in [0.15, 0.2) is 0 Å². The largest absolute Gasteiger partial charge is 1.00 e. The van der Waals surface area contributed by atoms with E-state index in [1.807, 2.05) is 0 Å². The number of carbonyl (C=O) groups is 2. The van der Waals surface area contributed by atoms with Gasteiger partial charge >= 0.3 is 13.9 Å². The fraction of sp³-hybridized carbons (Fsp3) is 0.500.